The highest BCUT2D eigenvalue weighted by molar-refractivity contribution is 7.54. The third kappa shape index (κ3) is 6.89. The maximum atomic E-state index is 13.0. The molecule has 1 aromatic rings. The SMILES string of the molecule is CC(C)(C)OP(=O)(OC(C)(C)C)[C@H](O)/C=C/c1ccccc1. The quantitative estimate of drug-likeness (QED) is 0.787. The van der Waals surface area contributed by atoms with Gasteiger partial charge in [-0.2, -0.15) is 0 Å². The lowest BCUT2D eigenvalue weighted by atomic mass is 10.2. The van der Waals surface area contributed by atoms with Crippen LogP contribution in [0, 0.1) is 0 Å². The summed E-state index contributed by atoms with van der Waals surface area (Å²) in [6, 6.07) is 9.47. The number of hydrogen-bond donors (Lipinski definition) is 1. The maximum Gasteiger partial charge on any atom is 0.363 e. The predicted octanol–water partition coefficient (Wildman–Crippen LogP) is 4.84. The van der Waals surface area contributed by atoms with E-state index in [-0.39, 0.29) is 0 Å². The molecule has 0 aliphatic rings. The summed E-state index contributed by atoms with van der Waals surface area (Å²) in [4.78, 5) is 0. The Morgan fingerprint density at radius 2 is 1.45 bits per heavy atom. The van der Waals surface area contributed by atoms with Gasteiger partial charge in [0.2, 0.25) is 0 Å². The topological polar surface area (TPSA) is 55.8 Å². The molecule has 1 aromatic carbocycles. The van der Waals surface area contributed by atoms with E-state index in [0.717, 1.165) is 5.56 Å². The van der Waals surface area contributed by atoms with Crippen LogP contribution >= 0.6 is 7.60 Å². The van der Waals surface area contributed by atoms with Crippen molar-refractivity contribution < 1.29 is 18.7 Å². The van der Waals surface area contributed by atoms with E-state index >= 15 is 0 Å². The number of aliphatic hydroxyl groups excluding tert-OH is 1. The van der Waals surface area contributed by atoms with E-state index in [2.05, 4.69) is 0 Å². The summed E-state index contributed by atoms with van der Waals surface area (Å²) in [6.45, 7) is 10.7. The van der Waals surface area contributed by atoms with Crippen molar-refractivity contribution in [2.24, 2.45) is 0 Å². The molecule has 0 amide bonds. The Morgan fingerprint density at radius 3 is 1.86 bits per heavy atom. The summed E-state index contributed by atoms with van der Waals surface area (Å²) in [5.41, 5.74) is -0.482. The third-order valence-corrected chi connectivity index (χ3v) is 4.81. The van der Waals surface area contributed by atoms with E-state index in [1.165, 1.54) is 6.08 Å². The van der Waals surface area contributed by atoms with Crippen LogP contribution in [0.5, 0.6) is 0 Å². The molecule has 0 fully saturated rings. The van der Waals surface area contributed by atoms with Crippen molar-refractivity contribution in [1.29, 1.82) is 0 Å². The van der Waals surface area contributed by atoms with Crippen molar-refractivity contribution in [3.63, 3.8) is 0 Å². The lowest BCUT2D eigenvalue weighted by Gasteiger charge is -2.33. The van der Waals surface area contributed by atoms with Crippen molar-refractivity contribution in [2.75, 3.05) is 0 Å². The summed E-state index contributed by atoms with van der Waals surface area (Å²) in [5, 5.41) is 10.4. The van der Waals surface area contributed by atoms with E-state index in [1.807, 2.05) is 30.3 Å². The second-order valence-electron chi connectivity index (χ2n) is 7.13. The van der Waals surface area contributed by atoms with Crippen molar-refractivity contribution >= 4 is 13.7 Å². The Kier molecular flexibility index (Phi) is 6.17. The van der Waals surface area contributed by atoms with Gasteiger partial charge in [-0.05, 0) is 53.2 Å². The molecule has 4 nitrogen and oxygen atoms in total. The number of hydrogen-bond acceptors (Lipinski definition) is 4. The smallest absolute Gasteiger partial charge is 0.363 e. The predicted molar refractivity (Wildman–Crippen MR) is 90.8 cm³/mol. The van der Waals surface area contributed by atoms with Gasteiger partial charge in [-0.25, -0.2) is 0 Å². The van der Waals surface area contributed by atoms with Gasteiger partial charge in [0.25, 0.3) is 0 Å². The van der Waals surface area contributed by atoms with Crippen LogP contribution in [-0.2, 0) is 13.6 Å². The van der Waals surface area contributed by atoms with Crippen molar-refractivity contribution in [1.82, 2.24) is 0 Å². The Bertz CT molecular complexity index is 518. The van der Waals surface area contributed by atoms with Crippen molar-refractivity contribution in [2.45, 2.75) is 58.6 Å². The fourth-order valence-corrected chi connectivity index (χ4v) is 3.83. The summed E-state index contributed by atoms with van der Waals surface area (Å²) in [7, 11) is -3.72. The minimum Gasteiger partial charge on any atom is -0.377 e. The van der Waals surface area contributed by atoms with E-state index in [1.54, 1.807) is 47.6 Å². The lowest BCUT2D eigenvalue weighted by molar-refractivity contribution is 0.0331. The molecule has 0 aliphatic heterocycles. The molecule has 0 bridgehead atoms. The molecule has 5 heteroatoms. The second kappa shape index (κ2) is 7.10. The molecular formula is C17H27O4P. The fraction of sp³-hybridized carbons (Fsp3) is 0.529. The van der Waals surface area contributed by atoms with Gasteiger partial charge in [0.15, 0.2) is 5.85 Å². The van der Waals surface area contributed by atoms with Gasteiger partial charge in [-0.3, -0.25) is 4.57 Å². The third-order valence-electron chi connectivity index (χ3n) is 2.39. The first kappa shape index (κ1) is 19.1. The first-order chi connectivity index (χ1) is 9.91. The van der Waals surface area contributed by atoms with Gasteiger partial charge in [-0.1, -0.05) is 36.4 Å². The molecule has 1 atom stereocenters. The van der Waals surface area contributed by atoms with E-state index in [4.69, 9.17) is 9.05 Å². The van der Waals surface area contributed by atoms with Crippen LogP contribution in [0.15, 0.2) is 36.4 Å². The monoisotopic (exact) mass is 326 g/mol. The molecular weight excluding hydrogens is 299 g/mol. The molecule has 0 spiro atoms. The Balaban J connectivity index is 3.00. The molecule has 0 unspecified atom stereocenters. The molecule has 1 rings (SSSR count). The van der Waals surface area contributed by atoms with Crippen LogP contribution in [0.25, 0.3) is 6.08 Å². The van der Waals surface area contributed by atoms with Crippen molar-refractivity contribution in [3.05, 3.63) is 42.0 Å². The van der Waals surface area contributed by atoms with Gasteiger partial charge in [0, 0.05) is 0 Å². The molecule has 0 aliphatic carbocycles. The Labute approximate surface area is 133 Å². The van der Waals surface area contributed by atoms with Gasteiger partial charge in [-0.15, -0.1) is 0 Å². The van der Waals surface area contributed by atoms with Crippen LogP contribution < -0.4 is 0 Å². The Hall–Kier alpha value is -0.930. The average Bonchev–Trinajstić information content (AvgIpc) is 2.32. The second-order valence-corrected chi connectivity index (χ2v) is 9.10. The zero-order valence-electron chi connectivity index (χ0n) is 14.2. The van der Waals surface area contributed by atoms with Crippen molar-refractivity contribution in [3.8, 4) is 0 Å². The van der Waals surface area contributed by atoms with Crippen LogP contribution in [0.1, 0.15) is 47.1 Å². The van der Waals surface area contributed by atoms with E-state index in [0.29, 0.717) is 0 Å². The Morgan fingerprint density at radius 1 is 1.00 bits per heavy atom. The summed E-state index contributed by atoms with van der Waals surface area (Å²) < 4.78 is 24.2. The zero-order valence-corrected chi connectivity index (χ0v) is 15.1. The molecule has 0 heterocycles. The first-order valence-electron chi connectivity index (χ1n) is 7.34. The highest BCUT2D eigenvalue weighted by Crippen LogP contribution is 2.57. The van der Waals surface area contributed by atoms with Crippen LogP contribution in [0.4, 0.5) is 0 Å². The van der Waals surface area contributed by atoms with Crippen LogP contribution in [0.2, 0.25) is 0 Å². The molecule has 0 saturated heterocycles. The number of aliphatic hydroxyl groups is 1. The molecule has 124 valence electrons. The van der Waals surface area contributed by atoms with Gasteiger partial charge >= 0.3 is 7.60 Å². The van der Waals surface area contributed by atoms with Crippen LogP contribution in [0.3, 0.4) is 0 Å². The summed E-state index contributed by atoms with van der Waals surface area (Å²) >= 11 is 0. The van der Waals surface area contributed by atoms with Gasteiger partial charge in [0.1, 0.15) is 0 Å². The maximum absolute atomic E-state index is 13.0. The zero-order chi connectivity index (χ0) is 17.0. The number of rotatable bonds is 5. The molecule has 0 radical (unpaired) electrons. The first-order valence-corrected chi connectivity index (χ1v) is 8.95. The normalized spacial score (nSPS) is 15.2. The summed E-state index contributed by atoms with van der Waals surface area (Å²) in [5.74, 6) is -1.33. The van der Waals surface area contributed by atoms with E-state index in [9.17, 15) is 9.67 Å². The molecule has 1 N–H and O–H groups in total. The molecule has 0 saturated carbocycles. The minimum atomic E-state index is -3.72. The standard InChI is InChI=1S/C17H27O4P/c1-16(2,3)20-22(19,21-17(4,5)6)15(18)13-12-14-10-8-7-9-11-14/h7-13,15,18H,1-6H3/b13-12+/t15-/m0/s1. The van der Waals surface area contributed by atoms with Gasteiger partial charge < -0.3 is 14.2 Å². The highest BCUT2D eigenvalue weighted by atomic mass is 31.2. The highest BCUT2D eigenvalue weighted by Gasteiger charge is 2.40. The number of benzene rings is 1. The van der Waals surface area contributed by atoms with E-state index < -0.39 is 24.6 Å². The summed E-state index contributed by atoms with van der Waals surface area (Å²) in [6.07, 6.45) is 3.16. The largest absolute Gasteiger partial charge is 0.377 e. The lowest BCUT2D eigenvalue weighted by Crippen LogP contribution is -2.27. The van der Waals surface area contributed by atoms with Crippen LogP contribution in [-0.4, -0.2) is 22.2 Å². The fourth-order valence-electron chi connectivity index (χ4n) is 1.76. The molecule has 22 heavy (non-hydrogen) atoms. The minimum absolute atomic E-state index is 0.692. The molecule has 0 aromatic heterocycles. The van der Waals surface area contributed by atoms with Gasteiger partial charge in [0.05, 0.1) is 11.2 Å². The average molecular weight is 326 g/mol.